The Hall–Kier alpha value is -1.20. The van der Waals surface area contributed by atoms with Crippen LogP contribution < -0.4 is 13.6 Å². The molecule has 76 valence electrons. The Morgan fingerprint density at radius 2 is 1.73 bits per heavy atom. The number of hydrogen-bond donors (Lipinski definition) is 0. The van der Waals surface area contributed by atoms with E-state index >= 15 is 0 Å². The number of hydrogen-bond acceptors (Lipinski definition) is 4. The van der Waals surface area contributed by atoms with Crippen LogP contribution >= 0.6 is 0 Å². The second kappa shape index (κ2) is 5.04. The topological polar surface area (TPSA) is 52.6 Å². The first-order valence-corrected chi connectivity index (χ1v) is 5.46. The Labute approximate surface area is 97.5 Å². The van der Waals surface area contributed by atoms with Crippen molar-refractivity contribution in [3.63, 3.8) is 0 Å². The van der Waals surface area contributed by atoms with Gasteiger partial charge in [-0.05, 0) is 0 Å². The molecule has 0 aromatic heterocycles. The molecule has 0 atom stereocenters. The fourth-order valence-corrected chi connectivity index (χ4v) is 1.49. The molecule has 0 fully saturated rings. The number of esters is 2. The van der Waals surface area contributed by atoms with Crippen LogP contribution in [0.4, 0.5) is 0 Å². The third-order valence-corrected chi connectivity index (χ3v) is 2.50. The van der Waals surface area contributed by atoms with Crippen LogP contribution in [0.1, 0.15) is 13.8 Å². The first-order valence-electron chi connectivity index (χ1n) is 4.25. The van der Waals surface area contributed by atoms with Crippen molar-refractivity contribution in [2.24, 2.45) is 0 Å². The zero-order valence-corrected chi connectivity index (χ0v) is 10.9. The average molecular weight is 263 g/mol. The van der Waals surface area contributed by atoms with E-state index < -0.39 is 11.9 Å². The molecule has 0 N–H and O–H groups in total. The van der Waals surface area contributed by atoms with Gasteiger partial charge < -0.3 is 0 Å². The van der Waals surface area contributed by atoms with Crippen LogP contribution in [-0.4, -0.2) is 30.5 Å². The standard InChI is InChI=1S/C10H9O4.Ga/c1-7(11)13-9-4-3-5-10(6-9)14-8(2)12;/h3-4,6H,1-2H3;. The molecule has 0 amide bonds. The Kier molecular flexibility index (Phi) is 3.99. The predicted molar refractivity (Wildman–Crippen MR) is 54.4 cm³/mol. The number of benzene rings is 1. The van der Waals surface area contributed by atoms with Crippen molar-refractivity contribution in [2.75, 3.05) is 0 Å². The summed E-state index contributed by atoms with van der Waals surface area (Å²) < 4.78 is 10.7. The normalized spacial score (nSPS) is 9.47. The van der Waals surface area contributed by atoms with Crippen LogP contribution in [0.5, 0.6) is 11.5 Å². The summed E-state index contributed by atoms with van der Waals surface area (Å²) in [6.07, 6.45) is 0. The SMILES string of the molecule is CC(=O)Oc1cc[c]([Ga])c(OC(C)=O)c1. The summed E-state index contributed by atoms with van der Waals surface area (Å²) in [4.78, 5) is 21.5. The van der Waals surface area contributed by atoms with E-state index in [4.69, 9.17) is 9.47 Å². The van der Waals surface area contributed by atoms with Crippen molar-refractivity contribution in [3.05, 3.63) is 18.2 Å². The molecule has 0 aliphatic carbocycles. The van der Waals surface area contributed by atoms with E-state index in [-0.39, 0.29) is 0 Å². The maximum atomic E-state index is 10.8. The molecule has 1 rings (SSSR count). The first kappa shape index (κ1) is 11.9. The van der Waals surface area contributed by atoms with Crippen LogP contribution in [-0.2, 0) is 9.59 Å². The fraction of sp³-hybridized carbons (Fsp3) is 0.200. The van der Waals surface area contributed by atoms with Gasteiger partial charge in [0.25, 0.3) is 0 Å². The van der Waals surface area contributed by atoms with E-state index in [1.165, 1.54) is 38.5 Å². The summed E-state index contributed by atoms with van der Waals surface area (Å²) in [7, 11) is 0. The second-order valence-electron chi connectivity index (χ2n) is 2.89. The van der Waals surface area contributed by atoms with E-state index in [2.05, 4.69) is 0 Å². The van der Waals surface area contributed by atoms with Gasteiger partial charge in [-0.15, -0.1) is 0 Å². The van der Waals surface area contributed by atoms with Crippen molar-refractivity contribution in [3.8, 4) is 11.5 Å². The van der Waals surface area contributed by atoms with E-state index in [0.717, 1.165) is 4.12 Å². The minimum absolute atomic E-state index is 0.375. The van der Waals surface area contributed by atoms with Gasteiger partial charge in [-0.2, -0.15) is 0 Å². The number of ether oxygens (including phenoxy) is 2. The van der Waals surface area contributed by atoms with Crippen molar-refractivity contribution in [1.29, 1.82) is 0 Å². The molecule has 0 saturated heterocycles. The van der Waals surface area contributed by atoms with E-state index in [1.807, 2.05) is 0 Å². The predicted octanol–water partition coefficient (Wildman–Crippen LogP) is 0.331. The Morgan fingerprint density at radius 3 is 2.27 bits per heavy atom. The van der Waals surface area contributed by atoms with Crippen molar-refractivity contribution >= 4 is 34.7 Å². The minimum atomic E-state index is -0.405. The van der Waals surface area contributed by atoms with Crippen molar-refractivity contribution in [2.45, 2.75) is 13.8 Å². The number of rotatable bonds is 2. The zero-order valence-electron chi connectivity index (χ0n) is 8.44. The summed E-state index contributed by atoms with van der Waals surface area (Å²) >= 11 is 1.33. The molecule has 0 unspecified atom stereocenters. The molecule has 1 aromatic rings. The third kappa shape index (κ3) is 3.81. The monoisotopic (exact) mass is 262 g/mol. The molecule has 0 aliphatic heterocycles. The molecule has 15 heavy (non-hydrogen) atoms. The van der Waals surface area contributed by atoms with Gasteiger partial charge in [0.2, 0.25) is 0 Å². The van der Waals surface area contributed by atoms with Gasteiger partial charge in [0.05, 0.1) is 0 Å². The van der Waals surface area contributed by atoms with E-state index in [9.17, 15) is 9.59 Å². The molecule has 1 aromatic carbocycles. The van der Waals surface area contributed by atoms with Crippen LogP contribution in [0, 0.1) is 0 Å². The molecular formula is C10H9GaO4. The fourth-order valence-electron chi connectivity index (χ4n) is 0.987. The molecule has 0 aliphatic rings. The van der Waals surface area contributed by atoms with Crippen LogP contribution in [0.3, 0.4) is 0 Å². The Balaban J connectivity index is 2.94. The van der Waals surface area contributed by atoms with Crippen molar-refractivity contribution in [1.82, 2.24) is 0 Å². The third-order valence-electron chi connectivity index (χ3n) is 1.50. The summed E-state index contributed by atoms with van der Waals surface area (Å²) in [6, 6.07) is 4.93. The van der Waals surface area contributed by atoms with Gasteiger partial charge in [0.1, 0.15) is 0 Å². The quantitative estimate of drug-likeness (QED) is 0.438. The maximum absolute atomic E-state index is 10.8. The molecule has 0 bridgehead atoms. The van der Waals surface area contributed by atoms with Gasteiger partial charge in [-0.1, -0.05) is 0 Å². The van der Waals surface area contributed by atoms with Crippen LogP contribution in [0.2, 0.25) is 0 Å². The van der Waals surface area contributed by atoms with Gasteiger partial charge in [0, 0.05) is 0 Å². The molecule has 4 nitrogen and oxygen atoms in total. The molecule has 2 radical (unpaired) electrons. The summed E-state index contributed by atoms with van der Waals surface area (Å²) in [6.45, 7) is 2.64. The van der Waals surface area contributed by atoms with Gasteiger partial charge in [0.15, 0.2) is 0 Å². The molecule has 0 spiro atoms. The average Bonchev–Trinajstić information content (AvgIpc) is 2.09. The number of carbonyl (C=O) groups excluding carboxylic acids is 2. The van der Waals surface area contributed by atoms with Crippen molar-refractivity contribution < 1.29 is 19.1 Å². The van der Waals surface area contributed by atoms with Gasteiger partial charge in [-0.25, -0.2) is 0 Å². The van der Waals surface area contributed by atoms with E-state index in [1.54, 1.807) is 12.1 Å². The summed E-state index contributed by atoms with van der Waals surface area (Å²) in [5.41, 5.74) is 0. The van der Waals surface area contributed by atoms with E-state index in [0.29, 0.717) is 11.5 Å². The zero-order chi connectivity index (χ0) is 11.4. The molecule has 5 heteroatoms. The first-order chi connectivity index (χ1) is 6.99. The summed E-state index contributed by atoms with van der Waals surface area (Å²) in [5, 5.41) is 0. The summed E-state index contributed by atoms with van der Waals surface area (Å²) in [5.74, 6) is 0.00779. The van der Waals surface area contributed by atoms with Gasteiger partial charge in [-0.3, -0.25) is 0 Å². The Morgan fingerprint density at radius 1 is 1.13 bits per heavy atom. The molecule has 0 heterocycles. The molecular weight excluding hydrogens is 254 g/mol. The Bertz CT molecular complexity index is 400. The second-order valence-corrected chi connectivity index (χ2v) is 4.19. The molecule has 0 saturated carbocycles. The van der Waals surface area contributed by atoms with Gasteiger partial charge >= 0.3 is 97.3 Å². The van der Waals surface area contributed by atoms with Crippen LogP contribution in [0.15, 0.2) is 18.2 Å². The van der Waals surface area contributed by atoms with Crippen LogP contribution in [0.25, 0.3) is 0 Å². The number of carbonyl (C=O) groups is 2.